The molecule has 3 aliphatic heterocycles. The molecule has 2 N–H and O–H groups in total. The summed E-state index contributed by atoms with van der Waals surface area (Å²) in [6, 6.07) is 5.38. The smallest absolute Gasteiger partial charge is 0.332 e. The topological polar surface area (TPSA) is 116 Å². The average Bonchev–Trinajstić information content (AvgIpc) is 3.33. The molecule has 3 fully saturated rings. The van der Waals surface area contributed by atoms with E-state index in [0.717, 1.165) is 37.1 Å². The number of hydrogen-bond acceptors (Lipinski definition) is 5. The Bertz CT molecular complexity index is 937. The Morgan fingerprint density at radius 3 is 2.32 bits per heavy atom. The number of benzene rings is 1. The molecular formula is C18H23N5O4S. The van der Waals surface area contributed by atoms with Gasteiger partial charge in [0, 0.05) is 31.2 Å². The van der Waals surface area contributed by atoms with Crippen LogP contribution in [0.2, 0.25) is 0 Å². The van der Waals surface area contributed by atoms with Crippen molar-refractivity contribution in [3.8, 4) is 0 Å². The van der Waals surface area contributed by atoms with E-state index in [2.05, 4.69) is 4.40 Å². The predicted octanol–water partition coefficient (Wildman–Crippen LogP) is 0.357. The summed E-state index contributed by atoms with van der Waals surface area (Å²) in [5.74, 6) is 0.0839. The number of rotatable bonds is 3. The zero-order valence-electron chi connectivity index (χ0n) is 15.6. The molecule has 2 atom stereocenters. The molecule has 0 aliphatic carbocycles. The lowest BCUT2D eigenvalue weighted by atomic mass is 10.1. The summed E-state index contributed by atoms with van der Waals surface area (Å²) in [5, 5.41) is 0. The predicted molar refractivity (Wildman–Crippen MR) is 105 cm³/mol. The van der Waals surface area contributed by atoms with Gasteiger partial charge in [-0.15, -0.1) is 4.40 Å². The largest absolute Gasteiger partial charge is 0.355 e. The number of anilines is 1. The van der Waals surface area contributed by atoms with Crippen LogP contribution in [0, 0.1) is 0 Å². The highest BCUT2D eigenvalue weighted by Crippen LogP contribution is 2.31. The minimum absolute atomic E-state index is 0.313. The molecule has 0 spiro atoms. The zero-order valence-corrected chi connectivity index (χ0v) is 16.4. The number of amidine groups is 1. The highest BCUT2D eigenvalue weighted by molar-refractivity contribution is 7.89. The monoisotopic (exact) mass is 405 g/mol. The van der Waals surface area contributed by atoms with Crippen molar-refractivity contribution in [1.82, 2.24) is 9.80 Å². The van der Waals surface area contributed by atoms with Gasteiger partial charge in [-0.05, 0) is 43.5 Å². The van der Waals surface area contributed by atoms with Crippen molar-refractivity contribution in [2.24, 2.45) is 10.1 Å². The fraction of sp³-hybridized carbons (Fsp3) is 0.500. The first-order valence-corrected chi connectivity index (χ1v) is 11.2. The molecule has 0 radical (unpaired) electrons. The molecular weight excluding hydrogens is 382 g/mol. The molecule has 3 saturated heterocycles. The van der Waals surface area contributed by atoms with Gasteiger partial charge >= 0.3 is 6.03 Å². The van der Waals surface area contributed by atoms with E-state index in [1.54, 1.807) is 24.3 Å². The third-order valence-electron chi connectivity index (χ3n) is 5.40. The molecule has 150 valence electrons. The summed E-state index contributed by atoms with van der Waals surface area (Å²) < 4.78 is 27.4. The van der Waals surface area contributed by atoms with Gasteiger partial charge < -0.3 is 15.5 Å². The Kier molecular flexibility index (Phi) is 4.62. The SMILES string of the molecule is CS(=O)(=O)N=C(c1ccc(N2C(=O)[C@@H]3[C@H](N)CCN3C2=O)cc1)N1CCCC1. The number of imide groups is 1. The minimum atomic E-state index is -3.56. The number of carbonyl (C=O) groups is 2. The number of nitrogens with zero attached hydrogens (tertiary/aromatic N) is 4. The second-order valence-corrected chi connectivity index (χ2v) is 9.08. The molecule has 0 bridgehead atoms. The van der Waals surface area contributed by atoms with Crippen LogP contribution in [0.25, 0.3) is 0 Å². The fourth-order valence-corrected chi connectivity index (χ4v) is 4.61. The summed E-state index contributed by atoms with van der Waals surface area (Å²) in [6.07, 6.45) is 3.65. The standard InChI is InChI=1S/C18H23N5O4S/c1-28(26,27)20-16(21-9-2-3-10-21)12-4-6-13(7-5-12)23-17(24)15-14(19)8-11-22(15)18(23)25/h4-7,14-15H,2-3,8-11,19H2,1H3/t14-,15+/m1/s1. The summed E-state index contributed by atoms with van der Waals surface area (Å²) in [4.78, 5) is 29.9. The average molecular weight is 405 g/mol. The van der Waals surface area contributed by atoms with Gasteiger partial charge in [-0.1, -0.05) is 0 Å². The molecule has 9 nitrogen and oxygen atoms in total. The number of fused-ring (bicyclic) bond motifs is 1. The van der Waals surface area contributed by atoms with Crippen molar-refractivity contribution in [2.75, 3.05) is 30.8 Å². The van der Waals surface area contributed by atoms with Crippen molar-refractivity contribution < 1.29 is 18.0 Å². The van der Waals surface area contributed by atoms with Crippen LogP contribution < -0.4 is 10.6 Å². The quantitative estimate of drug-likeness (QED) is 0.441. The maximum Gasteiger partial charge on any atom is 0.332 e. The Labute approximate surface area is 163 Å². The van der Waals surface area contributed by atoms with Crippen LogP contribution in [-0.4, -0.2) is 74.0 Å². The zero-order chi connectivity index (χ0) is 20.1. The summed E-state index contributed by atoms with van der Waals surface area (Å²) in [5.41, 5.74) is 7.06. The van der Waals surface area contributed by atoms with Gasteiger partial charge in [-0.3, -0.25) is 4.79 Å². The van der Waals surface area contributed by atoms with Crippen molar-refractivity contribution in [3.05, 3.63) is 29.8 Å². The maximum atomic E-state index is 12.7. The molecule has 1 aromatic rings. The Balaban J connectivity index is 1.64. The number of amides is 3. The number of nitrogens with two attached hydrogens (primary N) is 1. The molecule has 3 heterocycles. The summed E-state index contributed by atoms with van der Waals surface area (Å²) in [7, 11) is -3.56. The molecule has 28 heavy (non-hydrogen) atoms. The molecule has 3 aliphatic rings. The van der Waals surface area contributed by atoms with Gasteiger partial charge in [0.25, 0.3) is 15.9 Å². The van der Waals surface area contributed by atoms with Gasteiger partial charge in [-0.2, -0.15) is 0 Å². The van der Waals surface area contributed by atoms with Crippen molar-refractivity contribution in [1.29, 1.82) is 0 Å². The van der Waals surface area contributed by atoms with E-state index in [1.807, 2.05) is 4.90 Å². The van der Waals surface area contributed by atoms with Crippen LogP contribution in [0.5, 0.6) is 0 Å². The lowest BCUT2D eigenvalue weighted by Crippen LogP contribution is -2.41. The Hall–Kier alpha value is -2.46. The van der Waals surface area contributed by atoms with E-state index in [-0.39, 0.29) is 18.0 Å². The maximum absolute atomic E-state index is 12.7. The van der Waals surface area contributed by atoms with Crippen LogP contribution in [0.3, 0.4) is 0 Å². The van der Waals surface area contributed by atoms with E-state index >= 15 is 0 Å². The van der Waals surface area contributed by atoms with Crippen molar-refractivity contribution >= 4 is 33.5 Å². The number of urea groups is 1. The first-order chi connectivity index (χ1) is 13.3. The first-order valence-electron chi connectivity index (χ1n) is 9.32. The number of hydrogen-bond donors (Lipinski definition) is 1. The Morgan fingerprint density at radius 2 is 1.75 bits per heavy atom. The van der Waals surface area contributed by atoms with Gasteiger partial charge in [0.1, 0.15) is 11.9 Å². The van der Waals surface area contributed by atoms with Crippen molar-refractivity contribution in [2.45, 2.75) is 31.3 Å². The van der Waals surface area contributed by atoms with Crippen LogP contribution in [0.1, 0.15) is 24.8 Å². The number of likely N-dealkylation sites (tertiary alicyclic amines) is 1. The van der Waals surface area contributed by atoms with Crippen LogP contribution in [-0.2, 0) is 14.8 Å². The number of sulfonamides is 1. The highest BCUT2D eigenvalue weighted by atomic mass is 32.2. The molecule has 3 amide bonds. The van der Waals surface area contributed by atoms with Gasteiger partial charge in [0.15, 0.2) is 0 Å². The van der Waals surface area contributed by atoms with Gasteiger partial charge in [-0.25, -0.2) is 18.1 Å². The second kappa shape index (κ2) is 6.85. The second-order valence-electron chi connectivity index (χ2n) is 7.44. The lowest BCUT2D eigenvalue weighted by Gasteiger charge is -2.21. The Morgan fingerprint density at radius 1 is 1.11 bits per heavy atom. The highest BCUT2D eigenvalue weighted by Gasteiger charge is 2.51. The van der Waals surface area contributed by atoms with E-state index in [4.69, 9.17) is 5.73 Å². The third-order valence-corrected chi connectivity index (χ3v) is 5.90. The van der Waals surface area contributed by atoms with Gasteiger partial charge in [0.2, 0.25) is 0 Å². The van der Waals surface area contributed by atoms with Crippen LogP contribution in [0.15, 0.2) is 28.7 Å². The molecule has 10 heteroatoms. The molecule has 0 aromatic heterocycles. The van der Waals surface area contributed by atoms with Crippen LogP contribution >= 0.6 is 0 Å². The van der Waals surface area contributed by atoms with Crippen LogP contribution in [0.4, 0.5) is 10.5 Å². The van der Waals surface area contributed by atoms with Gasteiger partial charge in [0.05, 0.1) is 11.9 Å². The minimum Gasteiger partial charge on any atom is -0.355 e. The summed E-state index contributed by atoms with van der Waals surface area (Å²) in [6.45, 7) is 1.96. The lowest BCUT2D eigenvalue weighted by molar-refractivity contribution is -0.119. The van der Waals surface area contributed by atoms with E-state index in [1.165, 1.54) is 4.90 Å². The van der Waals surface area contributed by atoms with E-state index < -0.39 is 16.1 Å². The van der Waals surface area contributed by atoms with Crippen molar-refractivity contribution in [3.63, 3.8) is 0 Å². The first kappa shape index (κ1) is 18.9. The van der Waals surface area contributed by atoms with E-state index in [0.29, 0.717) is 30.1 Å². The normalized spacial score (nSPS) is 25.8. The molecule has 1 aromatic carbocycles. The third kappa shape index (κ3) is 3.26. The molecule has 0 unspecified atom stereocenters. The molecule has 0 saturated carbocycles. The molecule has 4 rings (SSSR count). The van der Waals surface area contributed by atoms with E-state index in [9.17, 15) is 18.0 Å². The summed E-state index contributed by atoms with van der Waals surface area (Å²) >= 11 is 0. The number of carbonyl (C=O) groups excluding carboxylic acids is 2. The fourth-order valence-electron chi connectivity index (χ4n) is 4.08.